The summed E-state index contributed by atoms with van der Waals surface area (Å²) in [6, 6.07) is 9.33. The number of benzene rings is 2. The molecule has 0 spiro atoms. The molecule has 0 aliphatic heterocycles. The van der Waals surface area contributed by atoms with E-state index in [9.17, 15) is 10.2 Å². The molecule has 40 heavy (non-hydrogen) atoms. The minimum Gasteiger partial charge on any atom is -0.507 e. The highest BCUT2D eigenvalue weighted by molar-refractivity contribution is 5.48. The summed E-state index contributed by atoms with van der Waals surface area (Å²) in [5, 5.41) is 22.2. The lowest BCUT2D eigenvalue weighted by Gasteiger charge is -2.31. The van der Waals surface area contributed by atoms with Crippen LogP contribution in [-0.2, 0) is 12.8 Å². The van der Waals surface area contributed by atoms with Crippen LogP contribution in [0.3, 0.4) is 0 Å². The van der Waals surface area contributed by atoms with E-state index in [2.05, 4.69) is 65.8 Å². The Morgan fingerprint density at radius 2 is 0.900 bits per heavy atom. The summed E-state index contributed by atoms with van der Waals surface area (Å²) in [4.78, 5) is 0. The van der Waals surface area contributed by atoms with Gasteiger partial charge in [-0.15, -0.1) is 0 Å². The standard InChI is InChI=1S/C38H60O2/c1-7-9-11-13-15-17-31-23-33(25-35(27(3)4)37(31)39)29-19-21-30(22-20-29)34-24-32(18-16-14-12-10-8-2)38(40)36(26-34)28(5)6/h23-30,39-40H,7-22H2,1-6H3. The van der Waals surface area contributed by atoms with Gasteiger partial charge in [0.25, 0.3) is 0 Å². The van der Waals surface area contributed by atoms with Gasteiger partial charge in [-0.1, -0.05) is 117 Å². The van der Waals surface area contributed by atoms with Crippen molar-refractivity contribution in [3.8, 4) is 11.5 Å². The fraction of sp³-hybridized carbons (Fsp3) is 0.684. The normalized spacial score (nSPS) is 17.7. The fourth-order valence-electron chi connectivity index (χ4n) is 6.82. The van der Waals surface area contributed by atoms with Gasteiger partial charge >= 0.3 is 0 Å². The Kier molecular flexibility index (Phi) is 13.4. The molecule has 0 atom stereocenters. The van der Waals surface area contributed by atoms with E-state index in [0.29, 0.717) is 35.2 Å². The highest BCUT2D eigenvalue weighted by Crippen LogP contribution is 2.45. The summed E-state index contributed by atoms with van der Waals surface area (Å²) < 4.78 is 0. The summed E-state index contributed by atoms with van der Waals surface area (Å²) >= 11 is 0. The Bertz CT molecular complexity index is 943. The van der Waals surface area contributed by atoms with Crippen LogP contribution in [-0.4, -0.2) is 10.2 Å². The summed E-state index contributed by atoms with van der Waals surface area (Å²) in [7, 11) is 0. The topological polar surface area (TPSA) is 40.5 Å². The number of phenols is 2. The molecule has 2 N–H and O–H groups in total. The van der Waals surface area contributed by atoms with E-state index < -0.39 is 0 Å². The van der Waals surface area contributed by atoms with E-state index in [4.69, 9.17) is 0 Å². The number of hydrogen-bond donors (Lipinski definition) is 2. The zero-order valence-corrected chi connectivity index (χ0v) is 26.8. The molecule has 3 rings (SSSR count). The molecular weight excluding hydrogens is 488 g/mol. The average molecular weight is 549 g/mol. The lowest BCUT2D eigenvalue weighted by Crippen LogP contribution is -2.14. The molecule has 0 saturated heterocycles. The van der Waals surface area contributed by atoms with Crippen LogP contribution in [0.5, 0.6) is 11.5 Å². The number of phenolic OH excluding ortho intramolecular Hbond substituents is 2. The molecule has 2 aromatic rings. The van der Waals surface area contributed by atoms with E-state index in [1.807, 2.05) is 0 Å². The van der Waals surface area contributed by atoms with Crippen LogP contribution in [0.1, 0.15) is 188 Å². The van der Waals surface area contributed by atoms with Crippen molar-refractivity contribution in [1.29, 1.82) is 0 Å². The summed E-state index contributed by atoms with van der Waals surface area (Å²) in [6.45, 7) is 13.4. The number of aromatic hydroxyl groups is 2. The van der Waals surface area contributed by atoms with E-state index in [1.54, 1.807) is 0 Å². The molecule has 2 aromatic carbocycles. The number of rotatable bonds is 16. The number of unbranched alkanes of at least 4 members (excludes halogenated alkanes) is 8. The molecule has 2 heteroatoms. The molecule has 2 nitrogen and oxygen atoms in total. The summed E-state index contributed by atoms with van der Waals surface area (Å²) in [5.74, 6) is 2.93. The van der Waals surface area contributed by atoms with Crippen molar-refractivity contribution >= 4 is 0 Å². The van der Waals surface area contributed by atoms with Crippen molar-refractivity contribution in [2.24, 2.45) is 0 Å². The van der Waals surface area contributed by atoms with Crippen LogP contribution < -0.4 is 0 Å². The van der Waals surface area contributed by atoms with Crippen molar-refractivity contribution in [2.75, 3.05) is 0 Å². The van der Waals surface area contributed by atoms with Gasteiger partial charge in [0.2, 0.25) is 0 Å². The molecule has 224 valence electrons. The predicted octanol–water partition coefficient (Wildman–Crippen LogP) is 11.8. The van der Waals surface area contributed by atoms with Gasteiger partial charge in [-0.05, 0) is 108 Å². The molecule has 0 amide bonds. The Labute approximate surface area is 247 Å². The van der Waals surface area contributed by atoms with E-state index in [0.717, 1.165) is 24.0 Å². The SMILES string of the molecule is CCCCCCCc1cc(C2CCC(c3cc(CCCCCCC)c(O)c(C(C)C)c3)CC2)cc(C(C)C)c1O. The maximum Gasteiger partial charge on any atom is 0.122 e. The average Bonchev–Trinajstić information content (AvgIpc) is 2.94. The molecule has 0 unspecified atom stereocenters. The number of aryl methyl sites for hydroxylation is 2. The van der Waals surface area contributed by atoms with Crippen molar-refractivity contribution in [3.63, 3.8) is 0 Å². The van der Waals surface area contributed by atoms with Crippen LogP contribution in [0.4, 0.5) is 0 Å². The minimum atomic E-state index is 0.335. The van der Waals surface area contributed by atoms with Crippen LogP contribution in [0.2, 0.25) is 0 Å². The van der Waals surface area contributed by atoms with E-state index >= 15 is 0 Å². The minimum absolute atomic E-state index is 0.335. The highest BCUT2D eigenvalue weighted by atomic mass is 16.3. The monoisotopic (exact) mass is 548 g/mol. The zero-order chi connectivity index (χ0) is 29.1. The first kappa shape index (κ1) is 32.6. The summed E-state index contributed by atoms with van der Waals surface area (Å²) in [5.41, 5.74) is 7.50. The van der Waals surface area contributed by atoms with Crippen molar-refractivity contribution in [3.05, 3.63) is 57.6 Å². The molecule has 1 saturated carbocycles. The second-order valence-corrected chi connectivity index (χ2v) is 13.4. The van der Waals surface area contributed by atoms with Gasteiger partial charge in [-0.2, -0.15) is 0 Å². The smallest absolute Gasteiger partial charge is 0.122 e. The Morgan fingerprint density at radius 1 is 0.550 bits per heavy atom. The fourth-order valence-corrected chi connectivity index (χ4v) is 6.82. The third kappa shape index (κ3) is 9.02. The molecule has 0 radical (unpaired) electrons. The van der Waals surface area contributed by atoms with Crippen LogP contribution in [0.15, 0.2) is 24.3 Å². The first-order valence-electron chi connectivity index (χ1n) is 17.0. The molecule has 0 aromatic heterocycles. The molecule has 0 heterocycles. The third-order valence-electron chi connectivity index (χ3n) is 9.49. The van der Waals surface area contributed by atoms with Crippen LogP contribution in [0.25, 0.3) is 0 Å². The molecule has 1 fully saturated rings. The van der Waals surface area contributed by atoms with E-state index in [-0.39, 0.29) is 0 Å². The maximum absolute atomic E-state index is 11.1. The molecule has 1 aliphatic carbocycles. The lowest BCUT2D eigenvalue weighted by molar-refractivity contribution is 0.393. The lowest BCUT2D eigenvalue weighted by atomic mass is 9.74. The van der Waals surface area contributed by atoms with Gasteiger partial charge in [0, 0.05) is 0 Å². The molecule has 0 bridgehead atoms. The Balaban J connectivity index is 1.72. The van der Waals surface area contributed by atoms with Crippen LogP contribution in [0, 0.1) is 0 Å². The van der Waals surface area contributed by atoms with Gasteiger partial charge < -0.3 is 10.2 Å². The summed E-state index contributed by atoms with van der Waals surface area (Å²) in [6.07, 6.45) is 19.4. The first-order valence-corrected chi connectivity index (χ1v) is 17.0. The largest absolute Gasteiger partial charge is 0.507 e. The zero-order valence-electron chi connectivity index (χ0n) is 26.8. The Hall–Kier alpha value is -1.96. The van der Waals surface area contributed by atoms with Gasteiger partial charge in [-0.3, -0.25) is 0 Å². The van der Waals surface area contributed by atoms with Crippen molar-refractivity contribution < 1.29 is 10.2 Å². The van der Waals surface area contributed by atoms with Gasteiger partial charge in [-0.25, -0.2) is 0 Å². The third-order valence-corrected chi connectivity index (χ3v) is 9.49. The van der Waals surface area contributed by atoms with Gasteiger partial charge in [0.1, 0.15) is 11.5 Å². The van der Waals surface area contributed by atoms with Gasteiger partial charge in [0.15, 0.2) is 0 Å². The quantitative estimate of drug-likeness (QED) is 0.205. The second kappa shape index (κ2) is 16.5. The van der Waals surface area contributed by atoms with E-state index in [1.165, 1.54) is 112 Å². The molecule has 1 aliphatic rings. The number of hydrogen-bond acceptors (Lipinski definition) is 2. The second-order valence-electron chi connectivity index (χ2n) is 13.4. The highest BCUT2D eigenvalue weighted by Gasteiger charge is 2.27. The molecular formula is C38H60O2. The van der Waals surface area contributed by atoms with Crippen LogP contribution >= 0.6 is 0 Å². The first-order chi connectivity index (χ1) is 19.3. The van der Waals surface area contributed by atoms with Crippen molar-refractivity contribution in [2.45, 2.75) is 168 Å². The predicted molar refractivity (Wildman–Crippen MR) is 173 cm³/mol. The van der Waals surface area contributed by atoms with Gasteiger partial charge in [0.05, 0.1) is 0 Å². The Morgan fingerprint density at radius 3 is 1.23 bits per heavy atom. The van der Waals surface area contributed by atoms with Crippen molar-refractivity contribution in [1.82, 2.24) is 0 Å². The maximum atomic E-state index is 11.1.